The summed E-state index contributed by atoms with van der Waals surface area (Å²) in [5.74, 6) is 0.824. The van der Waals surface area contributed by atoms with E-state index in [9.17, 15) is 4.79 Å². The number of hydrogen-bond acceptors (Lipinski definition) is 2. The van der Waals surface area contributed by atoms with Gasteiger partial charge < -0.3 is 11.1 Å². The summed E-state index contributed by atoms with van der Waals surface area (Å²) in [6.07, 6.45) is 5.02. The van der Waals surface area contributed by atoms with Crippen molar-refractivity contribution in [2.45, 2.75) is 38.1 Å². The summed E-state index contributed by atoms with van der Waals surface area (Å²) in [6, 6.07) is 9.52. The van der Waals surface area contributed by atoms with Gasteiger partial charge in [0.05, 0.1) is 0 Å². The molecule has 0 radical (unpaired) electrons. The van der Waals surface area contributed by atoms with Crippen LogP contribution in [0.3, 0.4) is 0 Å². The van der Waals surface area contributed by atoms with Crippen molar-refractivity contribution in [3.63, 3.8) is 0 Å². The number of amides is 1. The summed E-state index contributed by atoms with van der Waals surface area (Å²) in [4.78, 5) is 12.1. The van der Waals surface area contributed by atoms with E-state index in [0.29, 0.717) is 0 Å². The number of nitrogens with two attached hydrogens (primary N) is 1. The van der Waals surface area contributed by atoms with Crippen molar-refractivity contribution in [1.82, 2.24) is 5.32 Å². The lowest BCUT2D eigenvalue weighted by Crippen LogP contribution is -2.49. The highest BCUT2D eigenvalue weighted by atomic mass is 16.2. The molecule has 18 heavy (non-hydrogen) atoms. The first-order chi connectivity index (χ1) is 8.60. The molecule has 3 N–H and O–H groups in total. The maximum atomic E-state index is 12.1. The van der Waals surface area contributed by atoms with Crippen molar-refractivity contribution in [1.29, 1.82) is 0 Å². The zero-order chi connectivity index (χ0) is 13.0. The van der Waals surface area contributed by atoms with E-state index in [1.165, 1.54) is 19.3 Å². The summed E-state index contributed by atoms with van der Waals surface area (Å²) < 4.78 is 0. The van der Waals surface area contributed by atoms with E-state index in [-0.39, 0.29) is 5.91 Å². The van der Waals surface area contributed by atoms with E-state index in [2.05, 4.69) is 5.32 Å². The van der Waals surface area contributed by atoms with Gasteiger partial charge >= 0.3 is 0 Å². The normalized spacial score (nSPS) is 18.1. The fraction of sp³-hybridized carbons (Fsp3) is 0.533. The number of carbonyl (C=O) groups is 1. The van der Waals surface area contributed by atoms with Gasteiger partial charge in [0.25, 0.3) is 0 Å². The van der Waals surface area contributed by atoms with Crippen molar-refractivity contribution in [3.05, 3.63) is 35.9 Å². The van der Waals surface area contributed by atoms with Crippen molar-refractivity contribution >= 4 is 5.91 Å². The molecule has 0 saturated heterocycles. The van der Waals surface area contributed by atoms with Gasteiger partial charge in [0.15, 0.2) is 0 Å². The van der Waals surface area contributed by atoms with Crippen LogP contribution in [0.25, 0.3) is 0 Å². The van der Waals surface area contributed by atoms with E-state index in [1.54, 1.807) is 6.92 Å². The van der Waals surface area contributed by atoms with Gasteiger partial charge in [-0.1, -0.05) is 43.2 Å². The van der Waals surface area contributed by atoms with Crippen LogP contribution in [-0.4, -0.2) is 12.5 Å². The molecule has 2 rings (SSSR count). The third-order valence-electron chi connectivity index (χ3n) is 3.62. The molecule has 1 atom stereocenters. The molecule has 1 amide bonds. The fourth-order valence-electron chi connectivity index (χ4n) is 2.10. The smallest absolute Gasteiger partial charge is 0.244 e. The summed E-state index contributed by atoms with van der Waals surface area (Å²) in [5.41, 5.74) is 6.03. The summed E-state index contributed by atoms with van der Waals surface area (Å²) in [6.45, 7) is 2.49. The van der Waals surface area contributed by atoms with Gasteiger partial charge in [0.1, 0.15) is 5.54 Å². The van der Waals surface area contributed by atoms with Crippen LogP contribution in [0.1, 0.15) is 38.2 Å². The lowest BCUT2D eigenvalue weighted by atomic mass is 9.92. The van der Waals surface area contributed by atoms with E-state index in [0.717, 1.165) is 24.4 Å². The van der Waals surface area contributed by atoms with Crippen LogP contribution in [0.15, 0.2) is 30.3 Å². The molecular formula is C15H22N2O. The van der Waals surface area contributed by atoms with Crippen molar-refractivity contribution in [2.75, 3.05) is 6.54 Å². The monoisotopic (exact) mass is 246 g/mol. The average molecular weight is 246 g/mol. The molecule has 1 aliphatic rings. The van der Waals surface area contributed by atoms with E-state index in [1.807, 2.05) is 30.3 Å². The van der Waals surface area contributed by atoms with Crippen LogP contribution in [0.5, 0.6) is 0 Å². The molecule has 0 spiro atoms. The number of benzene rings is 1. The lowest BCUT2D eigenvalue weighted by molar-refractivity contribution is -0.126. The predicted octanol–water partition coefficient (Wildman–Crippen LogP) is 2.17. The molecule has 0 bridgehead atoms. The van der Waals surface area contributed by atoms with Crippen LogP contribution < -0.4 is 11.1 Å². The largest absolute Gasteiger partial charge is 0.354 e. The molecule has 1 saturated carbocycles. The second-order valence-corrected chi connectivity index (χ2v) is 5.41. The molecule has 0 heterocycles. The highest BCUT2D eigenvalue weighted by molar-refractivity contribution is 5.86. The molecule has 1 fully saturated rings. The molecule has 1 aromatic rings. The van der Waals surface area contributed by atoms with Gasteiger partial charge in [-0.25, -0.2) is 0 Å². The Morgan fingerprint density at radius 3 is 2.67 bits per heavy atom. The molecule has 98 valence electrons. The Balaban J connectivity index is 1.82. The fourth-order valence-corrected chi connectivity index (χ4v) is 2.10. The Kier molecular flexibility index (Phi) is 4.02. The van der Waals surface area contributed by atoms with Crippen LogP contribution in [0, 0.1) is 5.92 Å². The summed E-state index contributed by atoms with van der Waals surface area (Å²) in [5, 5.41) is 2.94. The SMILES string of the molecule is CC(N)(C(=O)NCCCC1CC1)c1ccccc1. The van der Waals surface area contributed by atoms with E-state index < -0.39 is 5.54 Å². The van der Waals surface area contributed by atoms with Crippen LogP contribution >= 0.6 is 0 Å². The Morgan fingerprint density at radius 2 is 2.06 bits per heavy atom. The third kappa shape index (κ3) is 3.33. The minimum absolute atomic E-state index is 0.0931. The van der Waals surface area contributed by atoms with Crippen molar-refractivity contribution in [3.8, 4) is 0 Å². The molecule has 3 heteroatoms. The van der Waals surface area contributed by atoms with E-state index >= 15 is 0 Å². The summed E-state index contributed by atoms with van der Waals surface area (Å²) in [7, 11) is 0. The molecule has 3 nitrogen and oxygen atoms in total. The predicted molar refractivity (Wildman–Crippen MR) is 72.9 cm³/mol. The molecular weight excluding hydrogens is 224 g/mol. The first kappa shape index (κ1) is 13.1. The Bertz CT molecular complexity index is 396. The Morgan fingerprint density at radius 1 is 1.39 bits per heavy atom. The Hall–Kier alpha value is -1.35. The topological polar surface area (TPSA) is 55.1 Å². The number of nitrogens with one attached hydrogen (secondary N) is 1. The standard InChI is InChI=1S/C15H22N2O/c1-15(16,13-7-3-2-4-8-13)14(18)17-11-5-6-12-9-10-12/h2-4,7-8,12H,5-6,9-11,16H2,1H3,(H,17,18). The molecule has 1 unspecified atom stereocenters. The highest BCUT2D eigenvalue weighted by Gasteiger charge is 2.30. The molecule has 1 aliphatic carbocycles. The number of rotatable bonds is 6. The highest BCUT2D eigenvalue weighted by Crippen LogP contribution is 2.33. The maximum Gasteiger partial charge on any atom is 0.244 e. The Labute approximate surface area is 109 Å². The number of hydrogen-bond donors (Lipinski definition) is 2. The van der Waals surface area contributed by atoms with Gasteiger partial charge in [0.2, 0.25) is 5.91 Å². The average Bonchev–Trinajstić information content (AvgIpc) is 3.19. The zero-order valence-corrected chi connectivity index (χ0v) is 11.0. The summed E-state index contributed by atoms with van der Waals surface area (Å²) >= 11 is 0. The van der Waals surface area contributed by atoms with Crippen LogP contribution in [-0.2, 0) is 10.3 Å². The van der Waals surface area contributed by atoms with Crippen LogP contribution in [0.2, 0.25) is 0 Å². The van der Waals surface area contributed by atoms with Gasteiger partial charge in [-0.3, -0.25) is 4.79 Å². The van der Waals surface area contributed by atoms with Gasteiger partial charge in [-0.15, -0.1) is 0 Å². The quantitative estimate of drug-likeness (QED) is 0.756. The third-order valence-corrected chi connectivity index (χ3v) is 3.62. The minimum atomic E-state index is -0.944. The van der Waals surface area contributed by atoms with Gasteiger partial charge in [0, 0.05) is 6.54 Å². The first-order valence-electron chi connectivity index (χ1n) is 6.73. The second kappa shape index (κ2) is 5.53. The van der Waals surface area contributed by atoms with Crippen LogP contribution in [0.4, 0.5) is 0 Å². The maximum absolute atomic E-state index is 12.1. The zero-order valence-electron chi connectivity index (χ0n) is 11.0. The molecule has 0 aliphatic heterocycles. The second-order valence-electron chi connectivity index (χ2n) is 5.41. The van der Waals surface area contributed by atoms with E-state index in [4.69, 9.17) is 5.73 Å². The van der Waals surface area contributed by atoms with Gasteiger partial charge in [-0.2, -0.15) is 0 Å². The minimum Gasteiger partial charge on any atom is -0.354 e. The molecule has 0 aromatic heterocycles. The van der Waals surface area contributed by atoms with Crippen molar-refractivity contribution in [2.24, 2.45) is 11.7 Å². The first-order valence-corrected chi connectivity index (χ1v) is 6.73. The van der Waals surface area contributed by atoms with Crippen molar-refractivity contribution < 1.29 is 4.79 Å². The molecule has 1 aromatic carbocycles. The lowest BCUT2D eigenvalue weighted by Gasteiger charge is -2.24. The number of carbonyl (C=O) groups excluding carboxylic acids is 1. The van der Waals surface area contributed by atoms with Gasteiger partial charge in [-0.05, 0) is 31.2 Å².